The van der Waals surface area contributed by atoms with Crippen LogP contribution in [0.25, 0.3) is 10.9 Å². The zero-order valence-corrected chi connectivity index (χ0v) is 13.0. The smallest absolute Gasteiger partial charge is 0.361 e. The van der Waals surface area contributed by atoms with E-state index >= 15 is 0 Å². The van der Waals surface area contributed by atoms with Crippen molar-refractivity contribution in [2.24, 2.45) is 0 Å². The van der Waals surface area contributed by atoms with Crippen molar-refractivity contribution in [1.29, 1.82) is 0 Å². The molecule has 0 amide bonds. The van der Waals surface area contributed by atoms with Crippen molar-refractivity contribution in [1.82, 2.24) is 10.2 Å². The van der Waals surface area contributed by atoms with Gasteiger partial charge in [0.25, 0.3) is 0 Å². The number of fused-ring (bicyclic) bond motifs is 1. The van der Waals surface area contributed by atoms with Crippen molar-refractivity contribution in [3.8, 4) is 0 Å². The highest BCUT2D eigenvalue weighted by molar-refractivity contribution is 6.03. The maximum absolute atomic E-state index is 12.2. The Morgan fingerprint density at radius 3 is 2.57 bits per heavy atom. The van der Waals surface area contributed by atoms with Crippen LogP contribution in [-0.4, -0.2) is 35.4 Å². The summed E-state index contributed by atoms with van der Waals surface area (Å²) in [7, 11) is 0. The zero-order valence-electron chi connectivity index (χ0n) is 13.0. The Bertz CT molecular complexity index is 640. The molecule has 0 unspecified atom stereocenters. The van der Waals surface area contributed by atoms with E-state index in [1.54, 1.807) is 6.92 Å². The second-order valence-corrected chi connectivity index (χ2v) is 5.01. The second-order valence-electron chi connectivity index (χ2n) is 5.01. The third kappa shape index (κ3) is 2.96. The number of hydrogen-bond donors (Lipinski definition) is 0. The molecule has 0 saturated carbocycles. The fourth-order valence-corrected chi connectivity index (χ4v) is 2.45. The Hall–Kier alpha value is -2.17. The van der Waals surface area contributed by atoms with Crippen LogP contribution < -0.4 is 4.90 Å². The molecule has 0 atom stereocenters. The van der Waals surface area contributed by atoms with Gasteiger partial charge in [-0.05, 0) is 33.8 Å². The van der Waals surface area contributed by atoms with Crippen LogP contribution in [0.4, 0.5) is 5.69 Å². The lowest BCUT2D eigenvalue weighted by molar-refractivity contribution is 0.0519. The fraction of sp³-hybridized carbons (Fsp3) is 0.438. The Morgan fingerprint density at radius 2 is 1.95 bits per heavy atom. The molecule has 1 aromatic heterocycles. The van der Waals surface area contributed by atoms with E-state index in [4.69, 9.17) is 4.74 Å². The largest absolute Gasteiger partial charge is 0.461 e. The maximum Gasteiger partial charge on any atom is 0.361 e. The lowest BCUT2D eigenvalue weighted by Gasteiger charge is -2.29. The first-order chi connectivity index (χ1) is 10.1. The van der Waals surface area contributed by atoms with Crippen LogP contribution in [0.2, 0.25) is 0 Å². The summed E-state index contributed by atoms with van der Waals surface area (Å²) in [6.45, 7) is 9.12. The van der Waals surface area contributed by atoms with Gasteiger partial charge in [-0.25, -0.2) is 4.79 Å². The van der Waals surface area contributed by atoms with Crippen molar-refractivity contribution in [2.45, 2.75) is 33.7 Å². The monoisotopic (exact) mass is 287 g/mol. The van der Waals surface area contributed by atoms with Crippen LogP contribution in [0.5, 0.6) is 0 Å². The highest BCUT2D eigenvalue weighted by atomic mass is 16.5. The number of aromatic nitrogens is 2. The molecule has 5 nitrogen and oxygen atoms in total. The maximum atomic E-state index is 12.2. The van der Waals surface area contributed by atoms with Crippen LogP contribution in [0.15, 0.2) is 24.3 Å². The summed E-state index contributed by atoms with van der Waals surface area (Å²) in [5.74, 6) is -0.426. The Labute approximate surface area is 124 Å². The van der Waals surface area contributed by atoms with Gasteiger partial charge in [0.05, 0.1) is 17.8 Å². The SMILES string of the molecule is CCOC(=O)c1nnc2ccccc2c1N(CC)C(C)C. The van der Waals surface area contributed by atoms with E-state index in [9.17, 15) is 4.79 Å². The summed E-state index contributed by atoms with van der Waals surface area (Å²) in [6.07, 6.45) is 0. The predicted molar refractivity (Wildman–Crippen MR) is 83.7 cm³/mol. The molecule has 0 spiro atoms. The van der Waals surface area contributed by atoms with Gasteiger partial charge in [0, 0.05) is 18.0 Å². The van der Waals surface area contributed by atoms with E-state index in [1.165, 1.54) is 0 Å². The first-order valence-electron chi connectivity index (χ1n) is 7.29. The molecule has 112 valence electrons. The van der Waals surface area contributed by atoms with E-state index in [1.807, 2.05) is 24.3 Å². The van der Waals surface area contributed by atoms with E-state index in [2.05, 4.69) is 35.9 Å². The molecule has 5 heteroatoms. The Balaban J connectivity index is 2.70. The number of anilines is 1. The van der Waals surface area contributed by atoms with Crippen molar-refractivity contribution in [2.75, 3.05) is 18.1 Å². The molecule has 2 aromatic rings. The minimum Gasteiger partial charge on any atom is -0.461 e. The molecule has 0 aliphatic carbocycles. The fourth-order valence-electron chi connectivity index (χ4n) is 2.45. The van der Waals surface area contributed by atoms with Gasteiger partial charge in [0.15, 0.2) is 5.69 Å². The van der Waals surface area contributed by atoms with E-state index < -0.39 is 5.97 Å². The molecule has 1 heterocycles. The third-order valence-corrected chi connectivity index (χ3v) is 3.36. The standard InChI is InChI=1S/C16H21N3O2/c1-5-19(11(3)4)15-12-9-7-8-10-13(12)17-18-14(15)16(20)21-6-2/h7-11H,5-6H2,1-4H3. The van der Waals surface area contributed by atoms with Gasteiger partial charge in [-0.2, -0.15) is 0 Å². The molecule has 0 aliphatic heterocycles. The molecule has 2 rings (SSSR count). The first kappa shape index (κ1) is 15.2. The molecule has 21 heavy (non-hydrogen) atoms. The van der Waals surface area contributed by atoms with Gasteiger partial charge < -0.3 is 9.64 Å². The number of benzene rings is 1. The van der Waals surface area contributed by atoms with Crippen molar-refractivity contribution in [3.63, 3.8) is 0 Å². The normalized spacial score (nSPS) is 10.9. The van der Waals surface area contributed by atoms with Crippen molar-refractivity contribution < 1.29 is 9.53 Å². The van der Waals surface area contributed by atoms with Crippen LogP contribution >= 0.6 is 0 Å². The van der Waals surface area contributed by atoms with Crippen LogP contribution in [0, 0.1) is 0 Å². The molecule has 0 bridgehead atoms. The summed E-state index contributed by atoms with van der Waals surface area (Å²) in [6, 6.07) is 7.96. The Kier molecular flexibility index (Phi) is 4.73. The molecule has 1 aromatic carbocycles. The molecule has 0 radical (unpaired) electrons. The number of esters is 1. The van der Waals surface area contributed by atoms with Gasteiger partial charge in [0.1, 0.15) is 0 Å². The average molecular weight is 287 g/mol. The van der Waals surface area contributed by atoms with Crippen LogP contribution in [0.3, 0.4) is 0 Å². The lowest BCUT2D eigenvalue weighted by atomic mass is 10.1. The van der Waals surface area contributed by atoms with Crippen molar-refractivity contribution >= 4 is 22.6 Å². The Morgan fingerprint density at radius 1 is 1.24 bits per heavy atom. The van der Waals surface area contributed by atoms with Crippen LogP contribution in [0.1, 0.15) is 38.2 Å². The van der Waals surface area contributed by atoms with Gasteiger partial charge in [0.2, 0.25) is 0 Å². The van der Waals surface area contributed by atoms with Gasteiger partial charge in [-0.15, -0.1) is 10.2 Å². The molecule has 0 aliphatic rings. The highest BCUT2D eigenvalue weighted by Crippen LogP contribution is 2.30. The predicted octanol–water partition coefficient (Wildman–Crippen LogP) is 3.04. The summed E-state index contributed by atoms with van der Waals surface area (Å²) in [4.78, 5) is 14.3. The summed E-state index contributed by atoms with van der Waals surface area (Å²) < 4.78 is 5.12. The summed E-state index contributed by atoms with van der Waals surface area (Å²) >= 11 is 0. The zero-order chi connectivity index (χ0) is 15.4. The minimum atomic E-state index is -0.426. The average Bonchev–Trinajstić information content (AvgIpc) is 2.48. The summed E-state index contributed by atoms with van der Waals surface area (Å²) in [5.41, 5.74) is 1.86. The van der Waals surface area contributed by atoms with Gasteiger partial charge in [-0.1, -0.05) is 18.2 Å². The first-order valence-corrected chi connectivity index (χ1v) is 7.29. The molecule has 0 saturated heterocycles. The number of ether oxygens (including phenoxy) is 1. The van der Waals surface area contributed by atoms with E-state index in [0.29, 0.717) is 6.61 Å². The second kappa shape index (κ2) is 6.52. The van der Waals surface area contributed by atoms with E-state index in [0.717, 1.165) is 23.1 Å². The molecular formula is C16H21N3O2. The molecular weight excluding hydrogens is 266 g/mol. The number of rotatable bonds is 5. The van der Waals surface area contributed by atoms with Crippen molar-refractivity contribution in [3.05, 3.63) is 30.0 Å². The third-order valence-electron chi connectivity index (χ3n) is 3.36. The van der Waals surface area contributed by atoms with E-state index in [-0.39, 0.29) is 11.7 Å². The quantitative estimate of drug-likeness (QED) is 0.791. The number of hydrogen-bond acceptors (Lipinski definition) is 5. The number of carbonyl (C=O) groups is 1. The lowest BCUT2D eigenvalue weighted by Crippen LogP contribution is -2.32. The minimum absolute atomic E-state index is 0.246. The topological polar surface area (TPSA) is 55.3 Å². The molecule has 0 fully saturated rings. The van der Waals surface area contributed by atoms with Gasteiger partial charge >= 0.3 is 5.97 Å². The summed E-state index contributed by atoms with van der Waals surface area (Å²) in [5, 5.41) is 9.18. The van der Waals surface area contributed by atoms with Gasteiger partial charge in [-0.3, -0.25) is 0 Å². The highest BCUT2D eigenvalue weighted by Gasteiger charge is 2.23. The number of carbonyl (C=O) groups excluding carboxylic acids is 1. The number of nitrogens with zero attached hydrogens (tertiary/aromatic N) is 3. The molecule has 0 N–H and O–H groups in total. The van der Waals surface area contributed by atoms with Crippen LogP contribution in [-0.2, 0) is 4.74 Å².